The Morgan fingerprint density at radius 1 is 1.24 bits per heavy atom. The van der Waals surface area contributed by atoms with Crippen LogP contribution in [0.15, 0.2) is 0 Å². The molecule has 17 heavy (non-hydrogen) atoms. The Morgan fingerprint density at radius 2 is 1.76 bits per heavy atom. The Kier molecular flexibility index (Phi) is 5.38. The molecule has 0 saturated carbocycles. The van der Waals surface area contributed by atoms with Gasteiger partial charge in [-0.15, -0.1) is 0 Å². The zero-order valence-electron chi connectivity index (χ0n) is 11.6. The third-order valence-electron chi connectivity index (χ3n) is 3.87. The molecule has 1 saturated heterocycles. The monoisotopic (exact) mass is 245 g/mol. The second-order valence-corrected chi connectivity index (χ2v) is 5.46. The van der Waals surface area contributed by atoms with E-state index in [1.807, 2.05) is 13.8 Å². The number of hydrogen-bond acceptors (Lipinski definition) is 4. The lowest BCUT2D eigenvalue weighted by atomic mass is 9.83. The molecule has 0 atom stereocenters. The fourth-order valence-corrected chi connectivity index (χ4v) is 1.95. The van der Waals surface area contributed by atoms with Gasteiger partial charge in [-0.2, -0.15) is 0 Å². The van der Waals surface area contributed by atoms with E-state index in [-0.39, 0.29) is 18.1 Å². The van der Waals surface area contributed by atoms with Crippen LogP contribution in [-0.4, -0.2) is 43.3 Å². The average Bonchev–Trinajstić information content (AvgIpc) is 2.33. The van der Waals surface area contributed by atoms with Gasteiger partial charge in [-0.05, 0) is 26.7 Å². The zero-order valence-corrected chi connectivity index (χ0v) is 11.6. The number of nitrogens with one attached hydrogen (secondary N) is 1. The second-order valence-electron chi connectivity index (χ2n) is 5.46. The van der Waals surface area contributed by atoms with Gasteiger partial charge in [-0.3, -0.25) is 0 Å². The second kappa shape index (κ2) is 6.14. The smallest absolute Gasteiger partial charge is 0.162 e. The predicted molar refractivity (Wildman–Crippen MR) is 67.9 cm³/mol. The highest BCUT2D eigenvalue weighted by molar-refractivity contribution is 4.82. The van der Waals surface area contributed by atoms with Crippen molar-refractivity contribution in [3.05, 3.63) is 0 Å². The fourth-order valence-electron chi connectivity index (χ4n) is 1.95. The molecule has 0 amide bonds. The summed E-state index contributed by atoms with van der Waals surface area (Å²) in [6, 6.07) is 0.229. The van der Waals surface area contributed by atoms with Crippen molar-refractivity contribution in [3.63, 3.8) is 0 Å². The summed E-state index contributed by atoms with van der Waals surface area (Å²) < 4.78 is 11.2. The van der Waals surface area contributed by atoms with Crippen LogP contribution in [0.1, 0.15) is 40.5 Å². The first-order chi connectivity index (χ1) is 7.97. The van der Waals surface area contributed by atoms with Crippen LogP contribution in [0, 0.1) is 5.41 Å². The molecule has 0 aromatic carbocycles. The van der Waals surface area contributed by atoms with Crippen molar-refractivity contribution < 1.29 is 14.6 Å². The topological polar surface area (TPSA) is 50.7 Å². The van der Waals surface area contributed by atoms with Crippen LogP contribution in [0.2, 0.25) is 0 Å². The minimum absolute atomic E-state index is 0.00698. The summed E-state index contributed by atoms with van der Waals surface area (Å²) in [5.74, 6) is -0.457. The van der Waals surface area contributed by atoms with Gasteiger partial charge in [-0.25, -0.2) is 0 Å². The standard InChI is InChI=1S/C13H27NO3/c1-5-13(6-2,10-15)9-14-11-7-16-12(3,4)17-8-11/h11,14-15H,5-10H2,1-4H3. The minimum atomic E-state index is -0.457. The quantitative estimate of drug-likeness (QED) is 0.745. The van der Waals surface area contributed by atoms with Gasteiger partial charge in [0.1, 0.15) is 0 Å². The van der Waals surface area contributed by atoms with Crippen LogP contribution < -0.4 is 5.32 Å². The normalized spacial score (nSPS) is 21.7. The molecule has 0 aliphatic carbocycles. The highest BCUT2D eigenvalue weighted by Gasteiger charge is 2.31. The van der Waals surface area contributed by atoms with Crippen molar-refractivity contribution >= 4 is 0 Å². The largest absolute Gasteiger partial charge is 0.396 e. The highest BCUT2D eigenvalue weighted by Crippen LogP contribution is 2.25. The van der Waals surface area contributed by atoms with E-state index in [9.17, 15) is 5.11 Å². The maximum Gasteiger partial charge on any atom is 0.162 e. The molecular formula is C13H27NO3. The van der Waals surface area contributed by atoms with Crippen molar-refractivity contribution in [1.29, 1.82) is 0 Å². The molecule has 1 heterocycles. The van der Waals surface area contributed by atoms with Crippen LogP contribution in [-0.2, 0) is 9.47 Å². The maximum absolute atomic E-state index is 9.49. The van der Waals surface area contributed by atoms with Gasteiger partial charge >= 0.3 is 0 Å². The molecule has 1 aliphatic heterocycles. The summed E-state index contributed by atoms with van der Waals surface area (Å²) in [5.41, 5.74) is -0.00698. The third-order valence-corrected chi connectivity index (χ3v) is 3.87. The first-order valence-corrected chi connectivity index (χ1v) is 6.59. The molecule has 4 heteroatoms. The number of aliphatic hydroxyl groups excluding tert-OH is 1. The van der Waals surface area contributed by atoms with Crippen LogP contribution in [0.3, 0.4) is 0 Å². The molecule has 102 valence electrons. The molecule has 2 N–H and O–H groups in total. The highest BCUT2D eigenvalue weighted by atomic mass is 16.7. The Labute approximate surface area is 105 Å². The van der Waals surface area contributed by atoms with E-state index in [0.29, 0.717) is 13.2 Å². The fraction of sp³-hybridized carbons (Fsp3) is 1.00. The Hall–Kier alpha value is -0.160. The Balaban J connectivity index is 2.36. The first-order valence-electron chi connectivity index (χ1n) is 6.59. The zero-order chi connectivity index (χ0) is 12.9. The molecule has 4 nitrogen and oxygen atoms in total. The summed E-state index contributed by atoms with van der Waals surface area (Å²) in [7, 11) is 0. The van der Waals surface area contributed by atoms with E-state index in [4.69, 9.17) is 9.47 Å². The predicted octanol–water partition coefficient (Wildman–Crippen LogP) is 1.53. The van der Waals surface area contributed by atoms with Crippen molar-refractivity contribution in [1.82, 2.24) is 5.32 Å². The number of aliphatic hydroxyl groups is 1. The van der Waals surface area contributed by atoms with Crippen LogP contribution >= 0.6 is 0 Å². The molecule has 0 spiro atoms. The SMILES string of the molecule is CCC(CC)(CO)CNC1COC(C)(C)OC1. The van der Waals surface area contributed by atoms with E-state index in [0.717, 1.165) is 19.4 Å². The number of rotatable bonds is 6. The van der Waals surface area contributed by atoms with Gasteiger partial charge in [0.2, 0.25) is 0 Å². The van der Waals surface area contributed by atoms with Crippen molar-refractivity contribution in [2.24, 2.45) is 5.41 Å². The molecule has 1 aliphatic rings. The lowest BCUT2D eigenvalue weighted by molar-refractivity contribution is -0.253. The summed E-state index contributed by atoms with van der Waals surface area (Å²) in [5, 5.41) is 12.9. The van der Waals surface area contributed by atoms with Gasteiger partial charge in [0.15, 0.2) is 5.79 Å². The number of hydrogen-bond donors (Lipinski definition) is 2. The molecule has 1 fully saturated rings. The lowest BCUT2D eigenvalue weighted by Gasteiger charge is -2.37. The van der Waals surface area contributed by atoms with Gasteiger partial charge in [0.05, 0.1) is 19.3 Å². The van der Waals surface area contributed by atoms with Gasteiger partial charge in [-0.1, -0.05) is 13.8 Å². The Bertz CT molecular complexity index is 208. The van der Waals surface area contributed by atoms with Crippen molar-refractivity contribution in [3.8, 4) is 0 Å². The summed E-state index contributed by atoms with van der Waals surface area (Å²) in [6.07, 6.45) is 1.96. The lowest BCUT2D eigenvalue weighted by Crippen LogP contribution is -2.51. The third kappa shape index (κ3) is 4.21. The minimum Gasteiger partial charge on any atom is -0.396 e. The Morgan fingerprint density at radius 3 is 2.18 bits per heavy atom. The summed E-state index contributed by atoms with van der Waals surface area (Å²) in [6.45, 7) is 10.5. The summed E-state index contributed by atoms with van der Waals surface area (Å²) >= 11 is 0. The van der Waals surface area contributed by atoms with Gasteiger partial charge < -0.3 is 19.9 Å². The first kappa shape index (κ1) is 14.9. The van der Waals surface area contributed by atoms with Crippen molar-refractivity contribution in [2.75, 3.05) is 26.4 Å². The molecular weight excluding hydrogens is 218 g/mol. The van der Waals surface area contributed by atoms with E-state index in [2.05, 4.69) is 19.2 Å². The van der Waals surface area contributed by atoms with Crippen molar-refractivity contribution in [2.45, 2.75) is 52.4 Å². The molecule has 0 aromatic rings. The molecule has 0 bridgehead atoms. The number of ether oxygens (including phenoxy) is 2. The molecule has 0 radical (unpaired) electrons. The van der Waals surface area contributed by atoms with Crippen LogP contribution in [0.25, 0.3) is 0 Å². The van der Waals surface area contributed by atoms with Crippen LogP contribution in [0.5, 0.6) is 0 Å². The van der Waals surface area contributed by atoms with E-state index in [1.165, 1.54) is 0 Å². The molecule has 0 unspecified atom stereocenters. The van der Waals surface area contributed by atoms with E-state index >= 15 is 0 Å². The van der Waals surface area contributed by atoms with E-state index < -0.39 is 5.79 Å². The molecule has 1 rings (SSSR count). The summed E-state index contributed by atoms with van der Waals surface area (Å²) in [4.78, 5) is 0. The van der Waals surface area contributed by atoms with Gasteiger partial charge in [0.25, 0.3) is 0 Å². The maximum atomic E-state index is 9.49. The average molecular weight is 245 g/mol. The van der Waals surface area contributed by atoms with Gasteiger partial charge in [0, 0.05) is 18.6 Å². The van der Waals surface area contributed by atoms with Crippen LogP contribution in [0.4, 0.5) is 0 Å². The van der Waals surface area contributed by atoms with E-state index in [1.54, 1.807) is 0 Å². The molecule has 0 aromatic heterocycles.